The molecule has 2 heterocycles. The lowest BCUT2D eigenvalue weighted by molar-refractivity contribution is -0.133. The van der Waals surface area contributed by atoms with Gasteiger partial charge >= 0.3 is 0 Å². The second-order valence-electron chi connectivity index (χ2n) is 7.10. The number of halogens is 1. The average Bonchev–Trinajstić information content (AvgIpc) is 3.01. The van der Waals surface area contributed by atoms with Gasteiger partial charge in [0.1, 0.15) is 10.6 Å². The van der Waals surface area contributed by atoms with Crippen molar-refractivity contribution in [1.29, 1.82) is 0 Å². The highest BCUT2D eigenvalue weighted by Crippen LogP contribution is 2.27. The molecule has 0 saturated carbocycles. The van der Waals surface area contributed by atoms with Crippen molar-refractivity contribution in [2.24, 2.45) is 0 Å². The topological polar surface area (TPSA) is 93.5 Å². The first-order valence-corrected chi connectivity index (χ1v) is 10.7. The zero-order valence-corrected chi connectivity index (χ0v) is 19.3. The van der Waals surface area contributed by atoms with E-state index in [0.717, 1.165) is 10.4 Å². The van der Waals surface area contributed by atoms with Crippen LogP contribution < -0.4 is 15.6 Å². The van der Waals surface area contributed by atoms with Crippen LogP contribution in [0.4, 0.5) is 5.69 Å². The smallest absolute Gasteiger partial charge is 0.262 e. The van der Waals surface area contributed by atoms with Crippen molar-refractivity contribution in [3.05, 3.63) is 50.3 Å². The molecule has 3 aromatic rings. The molecule has 31 heavy (non-hydrogen) atoms. The molecular weight excluding hydrogens is 440 g/mol. The van der Waals surface area contributed by atoms with E-state index in [2.05, 4.69) is 10.3 Å². The standard InChI is InChI=1S/C21H23ClN4O4S/c1-12-13(2)31-20-19(12)21(29)26(11-23-20)8-7-18(28)25(3)10-17(27)24-15-9-14(22)5-6-16(15)30-4/h5-6,9,11H,7-8,10H2,1-4H3,(H,24,27). The number of anilines is 1. The maximum absolute atomic E-state index is 12.7. The van der Waals surface area contributed by atoms with E-state index in [0.29, 0.717) is 26.7 Å². The summed E-state index contributed by atoms with van der Waals surface area (Å²) in [5.74, 6) is -0.188. The van der Waals surface area contributed by atoms with Gasteiger partial charge in [-0.15, -0.1) is 11.3 Å². The van der Waals surface area contributed by atoms with Crippen LogP contribution in [-0.4, -0.2) is 47.0 Å². The average molecular weight is 463 g/mol. The molecule has 1 N–H and O–H groups in total. The molecule has 0 spiro atoms. The molecule has 0 unspecified atom stereocenters. The largest absolute Gasteiger partial charge is 0.495 e. The predicted molar refractivity (Wildman–Crippen MR) is 122 cm³/mol. The molecule has 10 heteroatoms. The number of thiophene rings is 1. The summed E-state index contributed by atoms with van der Waals surface area (Å²) in [4.78, 5) is 45.0. The highest BCUT2D eigenvalue weighted by atomic mass is 35.5. The molecule has 0 fully saturated rings. The number of fused-ring (bicyclic) bond motifs is 1. The number of nitrogens with one attached hydrogen (secondary N) is 1. The molecule has 164 valence electrons. The Balaban J connectivity index is 1.61. The van der Waals surface area contributed by atoms with Gasteiger partial charge in [-0.25, -0.2) is 4.98 Å². The van der Waals surface area contributed by atoms with Crippen LogP contribution in [0.3, 0.4) is 0 Å². The van der Waals surface area contributed by atoms with E-state index in [-0.39, 0.29) is 36.9 Å². The first-order valence-electron chi connectivity index (χ1n) is 9.53. The van der Waals surface area contributed by atoms with Crippen molar-refractivity contribution in [2.75, 3.05) is 26.0 Å². The number of benzene rings is 1. The molecule has 8 nitrogen and oxygen atoms in total. The van der Waals surface area contributed by atoms with Crippen molar-refractivity contribution in [1.82, 2.24) is 14.5 Å². The van der Waals surface area contributed by atoms with Crippen LogP contribution >= 0.6 is 22.9 Å². The number of aromatic nitrogens is 2. The minimum atomic E-state index is -0.388. The maximum atomic E-state index is 12.7. The minimum Gasteiger partial charge on any atom is -0.495 e. The minimum absolute atomic E-state index is 0.0690. The Morgan fingerprint density at radius 3 is 2.77 bits per heavy atom. The summed E-state index contributed by atoms with van der Waals surface area (Å²) in [6, 6.07) is 4.87. The summed E-state index contributed by atoms with van der Waals surface area (Å²) >= 11 is 7.45. The van der Waals surface area contributed by atoms with Crippen LogP contribution in [0.1, 0.15) is 16.9 Å². The van der Waals surface area contributed by atoms with E-state index >= 15 is 0 Å². The van der Waals surface area contributed by atoms with E-state index in [9.17, 15) is 14.4 Å². The van der Waals surface area contributed by atoms with Crippen LogP contribution in [0, 0.1) is 13.8 Å². The Morgan fingerprint density at radius 2 is 2.06 bits per heavy atom. The van der Waals surface area contributed by atoms with Crippen molar-refractivity contribution < 1.29 is 14.3 Å². The lowest BCUT2D eigenvalue weighted by Gasteiger charge is -2.18. The summed E-state index contributed by atoms with van der Waals surface area (Å²) in [6.07, 6.45) is 1.53. The second-order valence-corrected chi connectivity index (χ2v) is 8.74. The molecule has 0 aliphatic heterocycles. The van der Waals surface area contributed by atoms with Crippen molar-refractivity contribution in [2.45, 2.75) is 26.8 Å². The van der Waals surface area contributed by atoms with Crippen molar-refractivity contribution in [3.63, 3.8) is 0 Å². The third-order valence-electron chi connectivity index (χ3n) is 4.96. The number of nitrogens with zero attached hydrogens (tertiary/aromatic N) is 3. The predicted octanol–water partition coefficient (Wildman–Crippen LogP) is 3.22. The Bertz CT molecular complexity index is 1200. The van der Waals surface area contributed by atoms with Gasteiger partial charge < -0.3 is 15.0 Å². The van der Waals surface area contributed by atoms with Crippen LogP contribution in [0.25, 0.3) is 10.2 Å². The Morgan fingerprint density at radius 1 is 1.32 bits per heavy atom. The fourth-order valence-electron chi connectivity index (χ4n) is 3.11. The molecule has 0 aliphatic carbocycles. The Kier molecular flexibility index (Phi) is 6.97. The maximum Gasteiger partial charge on any atom is 0.262 e. The van der Waals surface area contributed by atoms with Gasteiger partial charge in [-0.05, 0) is 37.6 Å². The first-order chi connectivity index (χ1) is 14.7. The molecular formula is C21H23ClN4O4S. The quantitative estimate of drug-likeness (QED) is 0.581. The fourth-order valence-corrected chi connectivity index (χ4v) is 4.27. The van der Waals surface area contributed by atoms with Crippen LogP contribution in [-0.2, 0) is 16.1 Å². The third-order valence-corrected chi connectivity index (χ3v) is 6.31. The van der Waals surface area contributed by atoms with E-state index in [1.807, 2.05) is 13.8 Å². The van der Waals surface area contributed by atoms with Crippen LogP contribution in [0.2, 0.25) is 5.02 Å². The summed E-state index contributed by atoms with van der Waals surface area (Å²) in [5.41, 5.74) is 1.18. The number of hydrogen-bond donors (Lipinski definition) is 1. The normalized spacial score (nSPS) is 10.9. The van der Waals surface area contributed by atoms with Gasteiger partial charge in [0.05, 0.1) is 31.1 Å². The Labute approximate surface area is 188 Å². The molecule has 1 aromatic carbocycles. The highest BCUT2D eigenvalue weighted by molar-refractivity contribution is 7.18. The lowest BCUT2D eigenvalue weighted by Crippen LogP contribution is -2.36. The number of ether oxygens (including phenoxy) is 1. The van der Waals surface area contributed by atoms with Crippen LogP contribution in [0.5, 0.6) is 5.75 Å². The number of rotatable bonds is 7. The van der Waals surface area contributed by atoms with Gasteiger partial charge in [0.15, 0.2) is 0 Å². The van der Waals surface area contributed by atoms with E-state index in [4.69, 9.17) is 16.3 Å². The van der Waals surface area contributed by atoms with Gasteiger partial charge in [0, 0.05) is 29.9 Å². The molecule has 2 amide bonds. The van der Waals surface area contributed by atoms with E-state index in [1.165, 1.54) is 41.3 Å². The fraction of sp³-hybridized carbons (Fsp3) is 0.333. The summed E-state index contributed by atoms with van der Waals surface area (Å²) in [5, 5.41) is 3.74. The molecule has 2 aromatic heterocycles. The number of likely N-dealkylation sites (N-methyl/N-ethyl adjacent to an activating group) is 1. The molecule has 0 saturated heterocycles. The summed E-state index contributed by atoms with van der Waals surface area (Å²) in [7, 11) is 3.02. The van der Waals surface area contributed by atoms with E-state index in [1.54, 1.807) is 18.2 Å². The zero-order valence-electron chi connectivity index (χ0n) is 17.7. The molecule has 0 radical (unpaired) electrons. The number of amides is 2. The van der Waals surface area contributed by atoms with Crippen molar-refractivity contribution >= 4 is 50.7 Å². The number of carbonyl (C=O) groups is 2. The Hall–Kier alpha value is -2.91. The third kappa shape index (κ3) is 5.05. The SMILES string of the molecule is COc1ccc(Cl)cc1NC(=O)CN(C)C(=O)CCn1cnc2sc(C)c(C)c2c1=O. The summed E-state index contributed by atoms with van der Waals surface area (Å²) in [6.45, 7) is 3.88. The number of aryl methyl sites for hydroxylation is 3. The lowest BCUT2D eigenvalue weighted by atomic mass is 10.2. The van der Waals surface area contributed by atoms with Gasteiger partial charge in [-0.1, -0.05) is 11.6 Å². The zero-order chi connectivity index (χ0) is 22.7. The van der Waals surface area contributed by atoms with Gasteiger partial charge in [-0.2, -0.15) is 0 Å². The van der Waals surface area contributed by atoms with Crippen molar-refractivity contribution in [3.8, 4) is 5.75 Å². The molecule has 0 aliphatic rings. The highest BCUT2D eigenvalue weighted by Gasteiger charge is 2.16. The molecule has 3 rings (SSSR count). The molecule has 0 bridgehead atoms. The van der Waals surface area contributed by atoms with Gasteiger partial charge in [-0.3, -0.25) is 19.0 Å². The van der Waals surface area contributed by atoms with Gasteiger partial charge in [0.25, 0.3) is 5.56 Å². The number of methoxy groups -OCH3 is 1. The second kappa shape index (κ2) is 9.49. The number of hydrogen-bond acceptors (Lipinski definition) is 6. The first kappa shape index (κ1) is 22.8. The van der Waals surface area contributed by atoms with Gasteiger partial charge in [0.2, 0.25) is 11.8 Å². The van der Waals surface area contributed by atoms with E-state index < -0.39 is 0 Å². The monoisotopic (exact) mass is 462 g/mol. The number of carbonyl (C=O) groups excluding carboxylic acids is 2. The molecule has 0 atom stereocenters. The van der Waals surface area contributed by atoms with Crippen LogP contribution in [0.15, 0.2) is 29.3 Å². The summed E-state index contributed by atoms with van der Waals surface area (Å²) < 4.78 is 6.64.